The van der Waals surface area contributed by atoms with Gasteiger partial charge in [-0.25, -0.2) is 14.5 Å². The van der Waals surface area contributed by atoms with Crippen LogP contribution in [0, 0.1) is 5.41 Å². The van der Waals surface area contributed by atoms with E-state index in [1.54, 1.807) is 0 Å². The van der Waals surface area contributed by atoms with Crippen molar-refractivity contribution in [2.45, 2.75) is 39.7 Å². The lowest BCUT2D eigenvalue weighted by molar-refractivity contribution is -0.139. The predicted molar refractivity (Wildman–Crippen MR) is 88.9 cm³/mol. The second kappa shape index (κ2) is 7.25. The minimum absolute atomic E-state index is 0.00837. The smallest absolute Gasteiger partial charge is 0.326 e. The van der Waals surface area contributed by atoms with Crippen molar-refractivity contribution in [3.05, 3.63) is 42.5 Å². The molecule has 1 heterocycles. The molecular formula is C17H22N4O3. The SMILES string of the molecule is CC(C)(C)CCC(NC(=O)c1ncn(-c2ccccc2)n1)C(=O)O. The Labute approximate surface area is 140 Å². The van der Waals surface area contributed by atoms with E-state index >= 15 is 0 Å². The van der Waals surface area contributed by atoms with Crippen LogP contribution in [0.25, 0.3) is 5.69 Å². The summed E-state index contributed by atoms with van der Waals surface area (Å²) < 4.78 is 1.47. The van der Waals surface area contributed by atoms with E-state index in [1.807, 2.05) is 51.1 Å². The molecule has 0 radical (unpaired) electrons. The Morgan fingerprint density at radius 2 is 1.92 bits per heavy atom. The van der Waals surface area contributed by atoms with Crippen molar-refractivity contribution in [2.75, 3.05) is 0 Å². The Bertz CT molecular complexity index is 704. The third-order valence-corrected chi connectivity index (χ3v) is 3.50. The van der Waals surface area contributed by atoms with Crippen molar-refractivity contribution in [3.63, 3.8) is 0 Å². The van der Waals surface area contributed by atoms with Gasteiger partial charge in [-0.3, -0.25) is 4.79 Å². The van der Waals surface area contributed by atoms with Gasteiger partial charge in [-0.1, -0.05) is 39.0 Å². The summed E-state index contributed by atoms with van der Waals surface area (Å²) >= 11 is 0. The highest BCUT2D eigenvalue weighted by Crippen LogP contribution is 2.21. The fourth-order valence-corrected chi connectivity index (χ4v) is 2.13. The number of aliphatic carboxylic acids is 1. The lowest BCUT2D eigenvalue weighted by Crippen LogP contribution is -2.41. The van der Waals surface area contributed by atoms with Crippen molar-refractivity contribution < 1.29 is 14.7 Å². The van der Waals surface area contributed by atoms with Gasteiger partial charge < -0.3 is 10.4 Å². The zero-order valence-electron chi connectivity index (χ0n) is 14.1. The Balaban J connectivity index is 2.05. The first-order valence-electron chi connectivity index (χ1n) is 7.77. The van der Waals surface area contributed by atoms with Gasteiger partial charge in [0, 0.05) is 0 Å². The summed E-state index contributed by atoms with van der Waals surface area (Å²) in [5, 5.41) is 15.9. The summed E-state index contributed by atoms with van der Waals surface area (Å²) in [7, 11) is 0. The minimum atomic E-state index is -1.06. The van der Waals surface area contributed by atoms with Gasteiger partial charge in [-0.05, 0) is 30.4 Å². The maximum atomic E-state index is 12.2. The average molecular weight is 330 g/mol. The largest absolute Gasteiger partial charge is 0.480 e. The summed E-state index contributed by atoms with van der Waals surface area (Å²) in [5.41, 5.74) is 0.762. The molecule has 0 aliphatic carbocycles. The van der Waals surface area contributed by atoms with E-state index < -0.39 is 17.9 Å². The zero-order valence-corrected chi connectivity index (χ0v) is 14.1. The highest BCUT2D eigenvalue weighted by molar-refractivity contribution is 5.93. The van der Waals surface area contributed by atoms with E-state index in [0.717, 1.165) is 5.69 Å². The fourth-order valence-electron chi connectivity index (χ4n) is 2.13. The number of carbonyl (C=O) groups excluding carboxylic acids is 1. The number of benzene rings is 1. The standard InChI is InChI=1S/C17H22N4O3/c1-17(2,3)10-9-13(16(23)24)19-15(22)14-18-11-21(20-14)12-7-5-4-6-8-12/h4-8,11,13H,9-10H2,1-3H3,(H,19,22)(H,23,24). The Morgan fingerprint density at radius 1 is 1.25 bits per heavy atom. The van der Waals surface area contributed by atoms with Crippen LogP contribution in [0.1, 0.15) is 44.2 Å². The molecule has 2 rings (SSSR count). The lowest BCUT2D eigenvalue weighted by Gasteiger charge is -2.21. The molecule has 0 bridgehead atoms. The first-order chi connectivity index (χ1) is 11.3. The number of rotatable bonds is 6. The number of carboxylic acids is 1. The number of nitrogens with one attached hydrogen (secondary N) is 1. The van der Waals surface area contributed by atoms with Crippen molar-refractivity contribution in [3.8, 4) is 5.69 Å². The molecule has 24 heavy (non-hydrogen) atoms. The molecule has 7 nitrogen and oxygen atoms in total. The molecule has 1 amide bonds. The number of nitrogens with zero attached hydrogens (tertiary/aromatic N) is 3. The van der Waals surface area contributed by atoms with E-state index in [4.69, 9.17) is 0 Å². The molecule has 7 heteroatoms. The monoisotopic (exact) mass is 330 g/mol. The van der Waals surface area contributed by atoms with Gasteiger partial charge in [0.05, 0.1) is 5.69 Å². The highest BCUT2D eigenvalue weighted by atomic mass is 16.4. The molecule has 0 saturated heterocycles. The summed E-state index contributed by atoms with van der Waals surface area (Å²) in [5.74, 6) is -1.71. The van der Waals surface area contributed by atoms with Gasteiger partial charge in [-0.15, -0.1) is 5.10 Å². The molecule has 1 aromatic heterocycles. The predicted octanol–water partition coefficient (Wildman–Crippen LogP) is 2.28. The zero-order chi connectivity index (χ0) is 17.7. The summed E-state index contributed by atoms with van der Waals surface area (Å²) in [6, 6.07) is 8.29. The van der Waals surface area contributed by atoms with Crippen LogP contribution >= 0.6 is 0 Å². The Kier molecular flexibility index (Phi) is 5.33. The number of amides is 1. The Hall–Kier alpha value is -2.70. The molecule has 0 aliphatic heterocycles. The van der Waals surface area contributed by atoms with Crippen LogP contribution in [0.2, 0.25) is 0 Å². The first-order valence-corrected chi connectivity index (χ1v) is 7.77. The van der Waals surface area contributed by atoms with E-state index in [-0.39, 0.29) is 11.2 Å². The van der Waals surface area contributed by atoms with Gasteiger partial charge >= 0.3 is 5.97 Å². The third-order valence-electron chi connectivity index (χ3n) is 3.50. The van der Waals surface area contributed by atoms with E-state index in [0.29, 0.717) is 12.8 Å². The summed E-state index contributed by atoms with van der Waals surface area (Å²) in [6.07, 6.45) is 2.45. The number of hydrogen-bond acceptors (Lipinski definition) is 4. The molecule has 1 aromatic carbocycles. The number of para-hydroxylation sites is 1. The van der Waals surface area contributed by atoms with E-state index in [9.17, 15) is 14.7 Å². The molecule has 0 aliphatic rings. The molecular weight excluding hydrogens is 308 g/mol. The van der Waals surface area contributed by atoms with Crippen LogP contribution in [-0.4, -0.2) is 37.8 Å². The van der Waals surface area contributed by atoms with Crippen molar-refractivity contribution >= 4 is 11.9 Å². The van der Waals surface area contributed by atoms with Crippen LogP contribution in [0.5, 0.6) is 0 Å². The van der Waals surface area contributed by atoms with Gasteiger partial charge in [0.15, 0.2) is 0 Å². The van der Waals surface area contributed by atoms with Gasteiger partial charge in [-0.2, -0.15) is 0 Å². The quantitative estimate of drug-likeness (QED) is 0.847. The second-order valence-electron chi connectivity index (χ2n) is 6.81. The van der Waals surface area contributed by atoms with Crippen LogP contribution in [-0.2, 0) is 4.79 Å². The van der Waals surface area contributed by atoms with Gasteiger partial charge in [0.1, 0.15) is 12.4 Å². The maximum absolute atomic E-state index is 12.2. The van der Waals surface area contributed by atoms with Gasteiger partial charge in [0.2, 0.25) is 5.82 Å². The molecule has 128 valence electrons. The third kappa shape index (κ3) is 4.91. The molecule has 1 unspecified atom stereocenters. The maximum Gasteiger partial charge on any atom is 0.326 e. The van der Waals surface area contributed by atoms with Gasteiger partial charge in [0.25, 0.3) is 5.91 Å². The van der Waals surface area contributed by atoms with E-state index in [2.05, 4.69) is 15.4 Å². The van der Waals surface area contributed by atoms with Crippen LogP contribution in [0.15, 0.2) is 36.7 Å². The van der Waals surface area contributed by atoms with Crippen LogP contribution < -0.4 is 5.32 Å². The fraction of sp³-hybridized carbons (Fsp3) is 0.412. The molecule has 2 N–H and O–H groups in total. The first kappa shape index (κ1) is 17.7. The number of carbonyl (C=O) groups is 2. The molecule has 1 atom stereocenters. The topological polar surface area (TPSA) is 97.1 Å². The number of aromatic nitrogens is 3. The highest BCUT2D eigenvalue weighted by Gasteiger charge is 2.24. The molecule has 0 fully saturated rings. The summed E-state index contributed by atoms with van der Waals surface area (Å²) in [6.45, 7) is 6.07. The Morgan fingerprint density at radius 3 is 2.50 bits per heavy atom. The second-order valence-corrected chi connectivity index (χ2v) is 6.81. The average Bonchev–Trinajstić information content (AvgIpc) is 3.01. The normalized spacial score (nSPS) is 12.6. The number of carboxylic acid groups (broad SMARTS) is 1. The summed E-state index contributed by atoms with van der Waals surface area (Å²) in [4.78, 5) is 27.5. The minimum Gasteiger partial charge on any atom is -0.480 e. The molecule has 2 aromatic rings. The molecule has 0 saturated carbocycles. The van der Waals surface area contributed by atoms with Crippen molar-refractivity contribution in [1.29, 1.82) is 0 Å². The van der Waals surface area contributed by atoms with Crippen molar-refractivity contribution in [1.82, 2.24) is 20.1 Å². The lowest BCUT2D eigenvalue weighted by atomic mass is 9.88. The molecule has 0 spiro atoms. The number of hydrogen-bond donors (Lipinski definition) is 2. The van der Waals surface area contributed by atoms with Crippen LogP contribution in [0.4, 0.5) is 0 Å². The van der Waals surface area contributed by atoms with E-state index in [1.165, 1.54) is 11.0 Å². The van der Waals surface area contributed by atoms with Crippen molar-refractivity contribution in [2.24, 2.45) is 5.41 Å². The van der Waals surface area contributed by atoms with Crippen LogP contribution in [0.3, 0.4) is 0 Å².